The van der Waals surface area contributed by atoms with Crippen molar-refractivity contribution in [2.24, 2.45) is 7.05 Å². The number of fused-ring (bicyclic) bond motifs is 1. The highest BCUT2D eigenvalue weighted by atomic mass is 16.2. The van der Waals surface area contributed by atoms with Gasteiger partial charge in [-0.25, -0.2) is 4.68 Å². The van der Waals surface area contributed by atoms with Crippen LogP contribution >= 0.6 is 0 Å². The minimum absolute atomic E-state index is 0.397. The van der Waals surface area contributed by atoms with Gasteiger partial charge >= 0.3 is 0 Å². The third-order valence-electron chi connectivity index (χ3n) is 4.24. The number of benzene rings is 2. The number of rotatable bonds is 4. The van der Waals surface area contributed by atoms with Crippen molar-refractivity contribution in [3.63, 3.8) is 0 Å². The van der Waals surface area contributed by atoms with Gasteiger partial charge < -0.3 is 9.88 Å². The van der Waals surface area contributed by atoms with Crippen molar-refractivity contribution in [1.29, 1.82) is 0 Å². The van der Waals surface area contributed by atoms with E-state index in [1.54, 1.807) is 29.2 Å². The van der Waals surface area contributed by atoms with Crippen LogP contribution in [0.3, 0.4) is 0 Å². The topological polar surface area (TPSA) is 68.9 Å². The third kappa shape index (κ3) is 2.77. The lowest BCUT2D eigenvalue weighted by Crippen LogP contribution is -2.22. The number of aryl methyl sites for hydroxylation is 1. The van der Waals surface area contributed by atoms with Crippen LogP contribution in [0.2, 0.25) is 0 Å². The summed E-state index contributed by atoms with van der Waals surface area (Å²) in [5.74, 6) is -1.22. The number of aromatic nitrogens is 3. The second kappa shape index (κ2) is 6.33. The van der Waals surface area contributed by atoms with Crippen molar-refractivity contribution in [3.8, 4) is 5.69 Å². The van der Waals surface area contributed by atoms with E-state index in [1.165, 1.54) is 0 Å². The number of nitrogens with one attached hydrogen (secondary N) is 1. The van der Waals surface area contributed by atoms with Gasteiger partial charge in [-0.2, -0.15) is 5.10 Å². The fourth-order valence-electron chi connectivity index (χ4n) is 2.95. The Morgan fingerprint density at radius 2 is 1.77 bits per heavy atom. The molecule has 2 aromatic carbocycles. The Kier molecular flexibility index (Phi) is 3.85. The maximum Gasteiger partial charge on any atom is 0.296 e. The van der Waals surface area contributed by atoms with Gasteiger partial charge in [-0.05, 0) is 36.4 Å². The highest BCUT2D eigenvalue weighted by molar-refractivity contribution is 6.48. The van der Waals surface area contributed by atoms with Crippen LogP contribution in [-0.2, 0) is 11.8 Å². The van der Waals surface area contributed by atoms with Gasteiger partial charge in [0.05, 0.1) is 11.3 Å². The van der Waals surface area contributed by atoms with Crippen molar-refractivity contribution in [2.45, 2.75) is 0 Å². The molecule has 0 bridgehead atoms. The fourth-order valence-corrected chi connectivity index (χ4v) is 2.95. The molecule has 0 aliphatic carbocycles. The first-order valence-electron chi connectivity index (χ1n) is 8.13. The molecule has 1 amide bonds. The molecular weight excluding hydrogens is 328 g/mol. The van der Waals surface area contributed by atoms with E-state index in [0.717, 1.165) is 16.6 Å². The van der Waals surface area contributed by atoms with Gasteiger partial charge in [0.25, 0.3) is 11.7 Å². The smallest absolute Gasteiger partial charge is 0.296 e. The normalized spacial score (nSPS) is 10.8. The number of para-hydroxylation sites is 1. The monoisotopic (exact) mass is 344 g/mol. The molecule has 4 rings (SSSR count). The standard InChI is InChI=1S/C20H16N4O2/c1-23-13-17(16-5-2-3-6-18(16)23)19(25)20(26)22-14-7-9-15(10-8-14)24-12-4-11-21-24/h2-13H,1H3,(H,22,26). The van der Waals surface area contributed by atoms with Crippen LogP contribution in [0, 0.1) is 0 Å². The molecule has 26 heavy (non-hydrogen) atoms. The molecule has 6 nitrogen and oxygen atoms in total. The van der Waals surface area contributed by atoms with E-state index < -0.39 is 11.7 Å². The molecule has 128 valence electrons. The van der Waals surface area contributed by atoms with Crippen LogP contribution in [0.5, 0.6) is 0 Å². The molecule has 2 heterocycles. The lowest BCUT2D eigenvalue weighted by Gasteiger charge is -2.06. The largest absolute Gasteiger partial charge is 0.350 e. The van der Waals surface area contributed by atoms with Crippen LogP contribution in [-0.4, -0.2) is 26.0 Å². The van der Waals surface area contributed by atoms with Gasteiger partial charge in [-0.1, -0.05) is 18.2 Å². The van der Waals surface area contributed by atoms with Crippen molar-refractivity contribution in [2.75, 3.05) is 5.32 Å². The minimum Gasteiger partial charge on any atom is -0.350 e. The van der Waals surface area contributed by atoms with Gasteiger partial charge in [-0.3, -0.25) is 9.59 Å². The summed E-state index contributed by atoms with van der Waals surface area (Å²) in [6.07, 6.45) is 5.21. The number of hydrogen-bond donors (Lipinski definition) is 1. The van der Waals surface area contributed by atoms with E-state index >= 15 is 0 Å². The molecule has 0 atom stereocenters. The average molecular weight is 344 g/mol. The molecule has 0 radical (unpaired) electrons. The lowest BCUT2D eigenvalue weighted by molar-refractivity contribution is -0.112. The quantitative estimate of drug-likeness (QED) is 0.457. The summed E-state index contributed by atoms with van der Waals surface area (Å²) in [6, 6.07) is 16.5. The molecule has 1 N–H and O–H groups in total. The van der Waals surface area contributed by atoms with Crippen LogP contribution < -0.4 is 5.32 Å². The summed E-state index contributed by atoms with van der Waals surface area (Å²) in [7, 11) is 1.85. The first-order chi connectivity index (χ1) is 12.6. The first-order valence-corrected chi connectivity index (χ1v) is 8.13. The Labute approximate surface area is 149 Å². The Balaban J connectivity index is 1.55. The predicted molar refractivity (Wildman–Crippen MR) is 99.4 cm³/mol. The summed E-state index contributed by atoms with van der Waals surface area (Å²) in [5.41, 5.74) is 2.73. The Morgan fingerprint density at radius 1 is 1.00 bits per heavy atom. The van der Waals surface area contributed by atoms with E-state index in [9.17, 15) is 9.59 Å². The third-order valence-corrected chi connectivity index (χ3v) is 4.24. The van der Waals surface area contributed by atoms with E-state index in [2.05, 4.69) is 10.4 Å². The summed E-state index contributed by atoms with van der Waals surface area (Å²) < 4.78 is 3.56. The molecule has 0 fully saturated rings. The second-order valence-corrected chi connectivity index (χ2v) is 5.95. The van der Waals surface area contributed by atoms with Crippen molar-refractivity contribution < 1.29 is 9.59 Å². The van der Waals surface area contributed by atoms with Crippen molar-refractivity contribution >= 4 is 28.3 Å². The summed E-state index contributed by atoms with van der Waals surface area (Å²) in [6.45, 7) is 0. The van der Waals surface area contributed by atoms with E-state index in [4.69, 9.17) is 0 Å². The molecular formula is C20H16N4O2. The van der Waals surface area contributed by atoms with Gasteiger partial charge in [0.1, 0.15) is 0 Å². The van der Waals surface area contributed by atoms with Gasteiger partial charge in [0.2, 0.25) is 0 Å². The Morgan fingerprint density at radius 3 is 2.50 bits per heavy atom. The summed E-state index contributed by atoms with van der Waals surface area (Å²) >= 11 is 0. The maximum absolute atomic E-state index is 12.6. The van der Waals surface area contributed by atoms with Crippen molar-refractivity contribution in [1.82, 2.24) is 14.3 Å². The number of nitrogens with zero attached hydrogens (tertiary/aromatic N) is 3. The molecule has 4 aromatic rings. The average Bonchev–Trinajstić information content (AvgIpc) is 3.31. The molecule has 6 heteroatoms. The molecule has 0 aliphatic heterocycles. The predicted octanol–water partition coefficient (Wildman–Crippen LogP) is 3.19. The van der Waals surface area contributed by atoms with E-state index in [0.29, 0.717) is 11.3 Å². The fraction of sp³-hybridized carbons (Fsp3) is 0.0500. The first kappa shape index (κ1) is 15.8. The molecule has 0 saturated carbocycles. The molecule has 0 spiro atoms. The summed E-state index contributed by atoms with van der Waals surface area (Å²) in [5, 5.41) is 7.58. The SMILES string of the molecule is Cn1cc(C(=O)C(=O)Nc2ccc(-n3cccn3)cc2)c2ccccc21. The number of ketones is 1. The van der Waals surface area contributed by atoms with Crippen LogP contribution in [0.25, 0.3) is 16.6 Å². The van der Waals surface area contributed by atoms with Crippen molar-refractivity contribution in [3.05, 3.63) is 78.8 Å². The lowest BCUT2D eigenvalue weighted by atomic mass is 10.1. The zero-order chi connectivity index (χ0) is 18.1. The minimum atomic E-state index is -0.659. The zero-order valence-electron chi connectivity index (χ0n) is 14.1. The van der Waals surface area contributed by atoms with Gasteiger partial charge in [-0.15, -0.1) is 0 Å². The van der Waals surface area contributed by atoms with E-state index in [1.807, 2.05) is 60.3 Å². The van der Waals surface area contributed by atoms with Crippen LogP contribution in [0.4, 0.5) is 5.69 Å². The zero-order valence-corrected chi connectivity index (χ0v) is 14.1. The molecule has 0 aliphatic rings. The molecule has 0 unspecified atom stereocenters. The highest BCUT2D eigenvalue weighted by Gasteiger charge is 2.21. The maximum atomic E-state index is 12.6. The number of carbonyl (C=O) groups is 2. The molecule has 0 saturated heterocycles. The van der Waals surface area contributed by atoms with Crippen LogP contribution in [0.15, 0.2) is 73.2 Å². The van der Waals surface area contributed by atoms with Gasteiger partial charge in [0, 0.05) is 42.2 Å². The number of hydrogen-bond acceptors (Lipinski definition) is 3. The Bertz CT molecular complexity index is 1090. The highest BCUT2D eigenvalue weighted by Crippen LogP contribution is 2.21. The number of Topliss-reactive ketones (excluding diaryl/α,β-unsaturated/α-hetero) is 1. The number of anilines is 1. The number of carbonyl (C=O) groups excluding carboxylic acids is 2. The Hall–Kier alpha value is -3.67. The second-order valence-electron chi connectivity index (χ2n) is 5.95. The van der Waals surface area contributed by atoms with Gasteiger partial charge in [0.15, 0.2) is 0 Å². The number of amides is 1. The summed E-state index contributed by atoms with van der Waals surface area (Å²) in [4.78, 5) is 25.0. The molecule has 2 aromatic heterocycles. The van der Waals surface area contributed by atoms with Crippen LogP contribution in [0.1, 0.15) is 10.4 Å². The van der Waals surface area contributed by atoms with E-state index in [-0.39, 0.29) is 0 Å².